The van der Waals surface area contributed by atoms with Gasteiger partial charge in [0.2, 0.25) is 0 Å². The predicted molar refractivity (Wildman–Crippen MR) is 130 cm³/mol. The van der Waals surface area contributed by atoms with E-state index in [0.29, 0.717) is 17.7 Å². The molecule has 4 rings (SSSR count). The molecule has 0 fully saturated rings. The van der Waals surface area contributed by atoms with Crippen LogP contribution in [-0.2, 0) is 11.2 Å². The molecule has 7 nitrogen and oxygen atoms in total. The highest BCUT2D eigenvalue weighted by Gasteiger charge is 2.16. The number of nitrogens with one attached hydrogen (secondary N) is 2. The smallest absolute Gasteiger partial charge is 0.303 e. The molecular weight excluding hydrogens is 432 g/mol. The van der Waals surface area contributed by atoms with Crippen molar-refractivity contribution >= 4 is 39.9 Å². The number of rotatable bonds is 7. The number of phenolic OH excluding ortho intramolecular Hbond substituents is 1. The van der Waals surface area contributed by atoms with Gasteiger partial charge in [-0.25, -0.2) is 0 Å². The zero-order chi connectivity index (χ0) is 24.1. The number of hydrogen-bond acceptors (Lipinski definition) is 4. The summed E-state index contributed by atoms with van der Waals surface area (Å²) in [6, 6.07) is 24.0. The van der Waals surface area contributed by atoms with Crippen LogP contribution in [0.5, 0.6) is 5.75 Å². The lowest BCUT2D eigenvalue weighted by molar-refractivity contribution is -0.136. The highest BCUT2D eigenvalue weighted by molar-refractivity contribution is 6.13. The van der Waals surface area contributed by atoms with Crippen molar-refractivity contribution in [2.24, 2.45) is 0 Å². The zero-order valence-electron chi connectivity index (χ0n) is 18.1. The fourth-order valence-corrected chi connectivity index (χ4v) is 3.61. The molecule has 0 aliphatic rings. The second-order valence-corrected chi connectivity index (χ2v) is 7.79. The molecule has 34 heavy (non-hydrogen) atoms. The van der Waals surface area contributed by atoms with Crippen LogP contribution in [-0.4, -0.2) is 28.0 Å². The van der Waals surface area contributed by atoms with Crippen LogP contribution in [0, 0.1) is 0 Å². The number of phenols is 1. The van der Waals surface area contributed by atoms with E-state index in [2.05, 4.69) is 10.6 Å². The number of aryl methyl sites for hydroxylation is 1. The summed E-state index contributed by atoms with van der Waals surface area (Å²) < 4.78 is 0. The topological polar surface area (TPSA) is 116 Å². The molecule has 0 aromatic heterocycles. The van der Waals surface area contributed by atoms with Crippen LogP contribution in [0.25, 0.3) is 10.8 Å². The van der Waals surface area contributed by atoms with Crippen LogP contribution in [0.4, 0.5) is 11.4 Å². The Kier molecular flexibility index (Phi) is 6.54. The van der Waals surface area contributed by atoms with Gasteiger partial charge in [0, 0.05) is 23.7 Å². The summed E-state index contributed by atoms with van der Waals surface area (Å²) in [6.07, 6.45) is 0.325. The molecule has 4 aromatic rings. The van der Waals surface area contributed by atoms with Crippen molar-refractivity contribution in [2.45, 2.75) is 12.8 Å². The van der Waals surface area contributed by atoms with Gasteiger partial charge in [-0.2, -0.15) is 0 Å². The Morgan fingerprint density at radius 1 is 0.735 bits per heavy atom. The van der Waals surface area contributed by atoms with E-state index in [1.807, 2.05) is 30.3 Å². The first kappa shape index (κ1) is 22.5. The van der Waals surface area contributed by atoms with E-state index in [9.17, 15) is 19.5 Å². The van der Waals surface area contributed by atoms with Crippen molar-refractivity contribution in [3.63, 3.8) is 0 Å². The van der Waals surface area contributed by atoms with Gasteiger partial charge in [0.15, 0.2) is 0 Å². The molecule has 2 amide bonds. The second kappa shape index (κ2) is 9.87. The third-order valence-electron chi connectivity index (χ3n) is 5.32. The third-order valence-corrected chi connectivity index (χ3v) is 5.32. The summed E-state index contributed by atoms with van der Waals surface area (Å²) in [6.45, 7) is 0. The molecule has 0 heterocycles. The molecule has 0 aliphatic heterocycles. The molecule has 0 radical (unpaired) electrons. The number of anilines is 2. The summed E-state index contributed by atoms with van der Waals surface area (Å²) >= 11 is 0. The fourth-order valence-electron chi connectivity index (χ4n) is 3.61. The minimum Gasteiger partial charge on any atom is -0.508 e. The first-order chi connectivity index (χ1) is 16.4. The standard InChI is InChI=1S/C27H22N2O5/c30-22-11-12-23(27(34)28-21-7-3-4-17(14-21)8-13-25(31)32)24(16-22)29-26(33)20-10-9-18-5-1-2-6-19(18)15-20/h1-7,9-12,14-16,30H,8,13H2,(H,28,34)(H,29,33)(H,31,32). The highest BCUT2D eigenvalue weighted by Crippen LogP contribution is 2.25. The number of benzene rings is 4. The first-order valence-electron chi connectivity index (χ1n) is 10.6. The van der Waals surface area contributed by atoms with Crippen molar-refractivity contribution in [1.82, 2.24) is 0 Å². The molecule has 0 saturated heterocycles. The van der Waals surface area contributed by atoms with Crippen LogP contribution in [0.1, 0.15) is 32.7 Å². The highest BCUT2D eigenvalue weighted by atomic mass is 16.4. The van der Waals surface area contributed by atoms with E-state index < -0.39 is 17.8 Å². The van der Waals surface area contributed by atoms with Gasteiger partial charge in [-0.3, -0.25) is 14.4 Å². The number of aliphatic carboxylic acids is 1. The maximum atomic E-state index is 13.0. The Hall–Kier alpha value is -4.65. The number of carboxylic acid groups (broad SMARTS) is 1. The largest absolute Gasteiger partial charge is 0.508 e. The molecule has 0 saturated carbocycles. The number of amides is 2. The molecular formula is C27H22N2O5. The quantitative estimate of drug-likeness (QED) is 0.311. The van der Waals surface area contributed by atoms with E-state index >= 15 is 0 Å². The summed E-state index contributed by atoms with van der Waals surface area (Å²) in [7, 11) is 0. The van der Waals surface area contributed by atoms with Gasteiger partial charge >= 0.3 is 5.97 Å². The number of carbonyl (C=O) groups excluding carboxylic acids is 2. The third kappa shape index (κ3) is 5.39. The van der Waals surface area contributed by atoms with Crippen molar-refractivity contribution in [2.75, 3.05) is 10.6 Å². The minimum atomic E-state index is -0.898. The Balaban J connectivity index is 1.54. The van der Waals surface area contributed by atoms with E-state index in [0.717, 1.165) is 16.3 Å². The Morgan fingerprint density at radius 2 is 1.53 bits per heavy atom. The number of hydrogen-bond donors (Lipinski definition) is 4. The van der Waals surface area contributed by atoms with E-state index in [1.54, 1.807) is 36.4 Å². The molecule has 0 aliphatic carbocycles. The van der Waals surface area contributed by atoms with Gasteiger partial charge < -0.3 is 20.8 Å². The molecule has 0 bridgehead atoms. The number of carbonyl (C=O) groups is 3. The monoisotopic (exact) mass is 454 g/mol. The van der Waals surface area contributed by atoms with Gasteiger partial charge in [0.1, 0.15) is 5.75 Å². The van der Waals surface area contributed by atoms with Gasteiger partial charge in [-0.05, 0) is 59.2 Å². The molecule has 0 atom stereocenters. The van der Waals surface area contributed by atoms with Crippen LogP contribution < -0.4 is 10.6 Å². The summed E-state index contributed by atoms with van der Waals surface area (Å²) in [5.41, 5.74) is 2.02. The van der Waals surface area contributed by atoms with Crippen LogP contribution in [0.2, 0.25) is 0 Å². The summed E-state index contributed by atoms with van der Waals surface area (Å²) in [5.74, 6) is -1.89. The molecule has 0 spiro atoms. The number of carboxylic acids is 1. The lowest BCUT2D eigenvalue weighted by Crippen LogP contribution is -2.18. The van der Waals surface area contributed by atoms with E-state index in [1.165, 1.54) is 18.2 Å². The zero-order valence-corrected chi connectivity index (χ0v) is 18.1. The van der Waals surface area contributed by atoms with E-state index in [-0.39, 0.29) is 23.4 Å². The van der Waals surface area contributed by atoms with Crippen LogP contribution >= 0.6 is 0 Å². The van der Waals surface area contributed by atoms with Crippen molar-refractivity contribution in [3.05, 3.63) is 102 Å². The molecule has 7 heteroatoms. The Bertz CT molecular complexity index is 1400. The summed E-state index contributed by atoms with van der Waals surface area (Å²) in [5, 5.41) is 26.2. The maximum Gasteiger partial charge on any atom is 0.303 e. The average Bonchev–Trinajstić information content (AvgIpc) is 2.82. The maximum absolute atomic E-state index is 13.0. The second-order valence-electron chi connectivity index (χ2n) is 7.79. The average molecular weight is 454 g/mol. The lowest BCUT2D eigenvalue weighted by Gasteiger charge is -2.13. The molecule has 4 aromatic carbocycles. The number of aromatic hydroxyl groups is 1. The van der Waals surface area contributed by atoms with Crippen molar-refractivity contribution in [3.8, 4) is 5.75 Å². The van der Waals surface area contributed by atoms with E-state index in [4.69, 9.17) is 5.11 Å². The SMILES string of the molecule is O=C(O)CCc1cccc(NC(=O)c2ccc(O)cc2NC(=O)c2ccc3ccccc3c2)c1. The number of fused-ring (bicyclic) bond motifs is 1. The van der Waals surface area contributed by atoms with Gasteiger partial charge in [-0.15, -0.1) is 0 Å². The first-order valence-corrected chi connectivity index (χ1v) is 10.6. The van der Waals surface area contributed by atoms with Crippen molar-refractivity contribution in [1.29, 1.82) is 0 Å². The van der Waals surface area contributed by atoms with Crippen molar-refractivity contribution < 1.29 is 24.6 Å². The molecule has 170 valence electrons. The van der Waals surface area contributed by atoms with Crippen LogP contribution in [0.3, 0.4) is 0 Å². The fraction of sp³-hybridized carbons (Fsp3) is 0.0741. The summed E-state index contributed by atoms with van der Waals surface area (Å²) in [4.78, 5) is 36.7. The van der Waals surface area contributed by atoms with Gasteiger partial charge in [0.05, 0.1) is 11.3 Å². The minimum absolute atomic E-state index is 0.0136. The predicted octanol–water partition coefficient (Wildman–Crippen LogP) is 5.07. The Morgan fingerprint density at radius 3 is 2.32 bits per heavy atom. The van der Waals surface area contributed by atoms with Gasteiger partial charge in [0.25, 0.3) is 11.8 Å². The molecule has 4 N–H and O–H groups in total. The lowest BCUT2D eigenvalue weighted by atomic mass is 10.1. The van der Waals surface area contributed by atoms with Crippen LogP contribution in [0.15, 0.2) is 84.9 Å². The van der Waals surface area contributed by atoms with Gasteiger partial charge in [-0.1, -0.05) is 42.5 Å². The Labute approximate surface area is 195 Å². The molecule has 0 unspecified atom stereocenters. The normalized spacial score (nSPS) is 10.6.